The van der Waals surface area contributed by atoms with Gasteiger partial charge in [-0.05, 0) is 23.6 Å². The van der Waals surface area contributed by atoms with Gasteiger partial charge in [0.2, 0.25) is 0 Å². The first kappa shape index (κ1) is 18.7. The van der Waals surface area contributed by atoms with Crippen molar-refractivity contribution in [1.82, 2.24) is 9.47 Å². The quantitative estimate of drug-likeness (QED) is 0.515. The van der Waals surface area contributed by atoms with Gasteiger partial charge >= 0.3 is 5.97 Å². The van der Waals surface area contributed by atoms with Crippen molar-refractivity contribution >= 4 is 34.1 Å². The van der Waals surface area contributed by atoms with E-state index in [1.54, 1.807) is 0 Å². The molecule has 1 N–H and O–H groups in total. The Bertz CT molecular complexity index is 1010. The fourth-order valence-corrected chi connectivity index (χ4v) is 4.21. The van der Waals surface area contributed by atoms with E-state index in [4.69, 9.17) is 22.1 Å². The van der Waals surface area contributed by atoms with Gasteiger partial charge in [-0.1, -0.05) is 60.7 Å². The molecule has 3 aromatic rings. The Kier molecular flexibility index (Phi) is 5.41. The molecule has 1 aliphatic rings. The molecule has 0 amide bonds. The van der Waals surface area contributed by atoms with Gasteiger partial charge in [0, 0.05) is 24.0 Å². The van der Waals surface area contributed by atoms with Crippen molar-refractivity contribution in [1.29, 1.82) is 0 Å². The minimum Gasteiger partial charge on any atom is -0.462 e. The van der Waals surface area contributed by atoms with Crippen LogP contribution in [0.25, 0.3) is 10.9 Å². The summed E-state index contributed by atoms with van der Waals surface area (Å²) < 4.78 is 7.06. The second-order valence-electron chi connectivity index (χ2n) is 6.84. The highest BCUT2D eigenvalue weighted by molar-refractivity contribution is 7.80. The summed E-state index contributed by atoms with van der Waals surface area (Å²) in [6.07, 6.45) is 0.876. The third-order valence-corrected chi connectivity index (χ3v) is 5.51. The Morgan fingerprint density at radius 1 is 1.11 bits per heavy atom. The van der Waals surface area contributed by atoms with E-state index in [1.165, 1.54) is 11.1 Å². The van der Waals surface area contributed by atoms with Crippen molar-refractivity contribution in [3.63, 3.8) is 0 Å². The van der Waals surface area contributed by atoms with Gasteiger partial charge in [0.1, 0.15) is 18.1 Å². The molecule has 0 spiro atoms. The molecule has 5 nitrogen and oxygen atoms in total. The van der Waals surface area contributed by atoms with Crippen LogP contribution in [0.5, 0.6) is 0 Å². The molecule has 0 unspecified atom stereocenters. The Morgan fingerprint density at radius 3 is 2.64 bits per heavy atom. The second kappa shape index (κ2) is 8.12. The Balaban J connectivity index is 1.70. The van der Waals surface area contributed by atoms with Crippen molar-refractivity contribution in [2.75, 3.05) is 19.8 Å². The first-order valence-electron chi connectivity index (χ1n) is 9.39. The number of rotatable bonds is 6. The van der Waals surface area contributed by atoms with E-state index < -0.39 is 0 Å². The van der Waals surface area contributed by atoms with E-state index in [-0.39, 0.29) is 25.7 Å². The average molecular weight is 394 g/mol. The third-order valence-electron chi connectivity index (χ3n) is 5.06. The molecule has 2 aromatic carbocycles. The lowest BCUT2D eigenvalue weighted by Gasteiger charge is -2.31. The van der Waals surface area contributed by atoms with E-state index in [9.17, 15) is 4.79 Å². The maximum atomic E-state index is 12.3. The zero-order valence-corrected chi connectivity index (χ0v) is 16.3. The molecule has 0 radical (unpaired) electrons. The first-order valence-corrected chi connectivity index (χ1v) is 9.79. The topological polar surface area (TPSA) is 54.7 Å². The van der Waals surface area contributed by atoms with Crippen LogP contribution < -0.4 is 0 Å². The molecular weight excluding hydrogens is 372 g/mol. The number of aromatic nitrogens is 1. The minimum absolute atomic E-state index is 0.00477. The number of carbonyl (C=O) groups is 1. The van der Waals surface area contributed by atoms with E-state index in [0.717, 1.165) is 41.1 Å². The first-order chi connectivity index (χ1) is 13.7. The number of ether oxygens (including phenoxy) is 1. The number of thiocarbonyl (C=S) groups is 1. The van der Waals surface area contributed by atoms with Crippen LogP contribution in [0.4, 0.5) is 0 Å². The Hall–Kier alpha value is -2.70. The van der Waals surface area contributed by atoms with Gasteiger partial charge < -0.3 is 19.3 Å². The predicted molar refractivity (Wildman–Crippen MR) is 112 cm³/mol. The van der Waals surface area contributed by atoms with E-state index >= 15 is 0 Å². The zero-order valence-electron chi connectivity index (χ0n) is 15.5. The highest BCUT2D eigenvalue weighted by Crippen LogP contribution is 2.32. The Morgan fingerprint density at radius 2 is 1.86 bits per heavy atom. The standard InChI is InChI=1S/C22H22N2O3S/c25-12-13-27-20(26)15-24-19-9-5-4-8-17(19)18-10-11-23(22(28)21(18)24)14-16-6-2-1-3-7-16/h1-9,25H,10-15H2. The fraction of sp³-hybridized carbons (Fsp3) is 0.273. The molecule has 144 valence electrons. The molecular formula is C22H22N2O3S. The van der Waals surface area contributed by atoms with E-state index in [0.29, 0.717) is 0 Å². The summed E-state index contributed by atoms with van der Waals surface area (Å²) in [6.45, 7) is 1.50. The van der Waals surface area contributed by atoms with Crippen LogP contribution in [-0.2, 0) is 29.0 Å². The smallest absolute Gasteiger partial charge is 0.326 e. The molecule has 0 saturated carbocycles. The van der Waals surface area contributed by atoms with Crippen molar-refractivity contribution in [2.24, 2.45) is 0 Å². The van der Waals surface area contributed by atoms with Crippen molar-refractivity contribution in [2.45, 2.75) is 19.5 Å². The lowest BCUT2D eigenvalue weighted by Crippen LogP contribution is -2.37. The normalized spacial score (nSPS) is 13.6. The second-order valence-corrected chi connectivity index (χ2v) is 7.22. The summed E-state index contributed by atoms with van der Waals surface area (Å²) in [5.41, 5.74) is 4.31. The molecule has 0 bridgehead atoms. The molecule has 0 fully saturated rings. The van der Waals surface area contributed by atoms with Crippen molar-refractivity contribution in [3.05, 3.63) is 71.4 Å². The molecule has 28 heavy (non-hydrogen) atoms. The van der Waals surface area contributed by atoms with Gasteiger partial charge in [-0.15, -0.1) is 0 Å². The average Bonchev–Trinajstić information content (AvgIpc) is 3.04. The summed E-state index contributed by atoms with van der Waals surface area (Å²) in [4.78, 5) is 15.2. The molecule has 2 heterocycles. The summed E-state index contributed by atoms with van der Waals surface area (Å²) in [7, 11) is 0. The van der Waals surface area contributed by atoms with Crippen LogP contribution in [0.1, 0.15) is 16.8 Å². The molecule has 6 heteroatoms. The van der Waals surface area contributed by atoms with Crippen molar-refractivity contribution < 1.29 is 14.6 Å². The maximum Gasteiger partial charge on any atom is 0.326 e. The maximum absolute atomic E-state index is 12.3. The molecule has 1 aliphatic heterocycles. The van der Waals surface area contributed by atoms with Crippen LogP contribution in [0.2, 0.25) is 0 Å². The van der Waals surface area contributed by atoms with Gasteiger partial charge in [-0.3, -0.25) is 4.79 Å². The molecule has 0 aliphatic carbocycles. The molecule has 1 aromatic heterocycles. The summed E-state index contributed by atoms with van der Waals surface area (Å²) in [5.74, 6) is -0.374. The van der Waals surface area contributed by atoms with Crippen LogP contribution >= 0.6 is 12.2 Å². The number of hydrogen-bond donors (Lipinski definition) is 1. The van der Waals surface area contributed by atoms with Crippen LogP contribution in [0.3, 0.4) is 0 Å². The summed E-state index contributed by atoms with van der Waals surface area (Å²) in [5, 5.41) is 10.0. The van der Waals surface area contributed by atoms with E-state index in [1.807, 2.05) is 41.0 Å². The van der Waals surface area contributed by atoms with Crippen molar-refractivity contribution in [3.8, 4) is 0 Å². The van der Waals surface area contributed by atoms with Crippen LogP contribution in [0, 0.1) is 0 Å². The minimum atomic E-state index is -0.374. The van der Waals surface area contributed by atoms with Gasteiger partial charge in [-0.2, -0.15) is 0 Å². The summed E-state index contributed by atoms with van der Waals surface area (Å²) in [6, 6.07) is 18.3. The van der Waals surface area contributed by atoms with E-state index in [2.05, 4.69) is 23.1 Å². The number of aliphatic hydroxyl groups excluding tert-OH is 1. The van der Waals surface area contributed by atoms with Gasteiger partial charge in [0.25, 0.3) is 0 Å². The summed E-state index contributed by atoms with van der Waals surface area (Å²) >= 11 is 5.86. The molecule has 0 atom stereocenters. The number of esters is 1. The monoisotopic (exact) mass is 394 g/mol. The number of aliphatic hydroxyl groups is 1. The highest BCUT2D eigenvalue weighted by Gasteiger charge is 2.29. The third kappa shape index (κ3) is 3.53. The number of hydrogen-bond acceptors (Lipinski definition) is 4. The number of fused-ring (bicyclic) bond motifs is 3. The fourth-order valence-electron chi connectivity index (χ4n) is 3.82. The predicted octanol–water partition coefficient (Wildman–Crippen LogP) is 2.91. The lowest BCUT2D eigenvalue weighted by molar-refractivity contribution is -0.145. The van der Waals surface area contributed by atoms with Gasteiger partial charge in [-0.25, -0.2) is 0 Å². The number of carbonyl (C=O) groups excluding carboxylic acids is 1. The zero-order chi connectivity index (χ0) is 19.5. The Labute approximate surface area is 169 Å². The SMILES string of the molecule is O=C(Cn1c2c(c3ccccc31)CCN(Cc1ccccc1)C2=S)OCCO. The van der Waals surface area contributed by atoms with Crippen LogP contribution in [0.15, 0.2) is 54.6 Å². The van der Waals surface area contributed by atoms with Crippen LogP contribution in [-0.4, -0.2) is 45.3 Å². The number of nitrogens with zero attached hydrogens (tertiary/aromatic N) is 2. The number of benzene rings is 2. The molecule has 0 saturated heterocycles. The lowest BCUT2D eigenvalue weighted by atomic mass is 10.0. The highest BCUT2D eigenvalue weighted by atomic mass is 32.1. The largest absolute Gasteiger partial charge is 0.462 e. The number of para-hydroxylation sites is 1. The van der Waals surface area contributed by atoms with Gasteiger partial charge in [0.15, 0.2) is 0 Å². The van der Waals surface area contributed by atoms with Gasteiger partial charge in [0.05, 0.1) is 12.3 Å². The molecule has 4 rings (SSSR count).